The van der Waals surface area contributed by atoms with E-state index in [-0.39, 0.29) is 0 Å². The van der Waals surface area contributed by atoms with E-state index in [9.17, 15) is 18.0 Å². The molecule has 1 aromatic carbocycles. The number of benzene rings is 1. The fourth-order valence-corrected chi connectivity index (χ4v) is 3.00. The Kier molecular flexibility index (Phi) is 7.56. The largest absolute Gasteiger partial charge is 0.352 e. The fourth-order valence-electron chi connectivity index (χ4n) is 3.00. The highest BCUT2D eigenvalue weighted by atomic mass is 19.2. The second kappa shape index (κ2) is 9.67. The predicted molar refractivity (Wildman–Crippen MR) is 87.4 cm³/mol. The molecule has 1 N–H and O–H groups in total. The van der Waals surface area contributed by atoms with Crippen molar-refractivity contribution in [3.63, 3.8) is 0 Å². The van der Waals surface area contributed by atoms with Crippen molar-refractivity contribution in [1.29, 1.82) is 0 Å². The molecule has 0 radical (unpaired) electrons. The van der Waals surface area contributed by atoms with Gasteiger partial charge in [0.1, 0.15) is 0 Å². The van der Waals surface area contributed by atoms with Gasteiger partial charge in [-0.15, -0.1) is 0 Å². The number of hydrogen-bond acceptors (Lipinski definition) is 2. The maximum absolute atomic E-state index is 13.5. The molecule has 24 heavy (non-hydrogen) atoms. The van der Waals surface area contributed by atoms with E-state index in [1.54, 1.807) is 0 Å². The molecule has 1 fully saturated rings. The molecule has 0 aromatic heterocycles. The number of nitrogens with one attached hydrogen (secondary N) is 1. The van der Waals surface area contributed by atoms with Crippen molar-refractivity contribution in [2.24, 2.45) is 0 Å². The van der Waals surface area contributed by atoms with Crippen molar-refractivity contribution in [2.45, 2.75) is 44.9 Å². The third kappa shape index (κ3) is 5.51. The smallest absolute Gasteiger partial charge is 0.254 e. The molecule has 1 heterocycles. The van der Waals surface area contributed by atoms with Crippen LogP contribution in [0.3, 0.4) is 0 Å². The molecule has 1 aromatic rings. The predicted octanol–water partition coefficient (Wildman–Crippen LogP) is 3.88. The first-order valence-electron chi connectivity index (χ1n) is 8.73. The van der Waals surface area contributed by atoms with Gasteiger partial charge in [-0.3, -0.25) is 4.79 Å². The van der Waals surface area contributed by atoms with Gasteiger partial charge in [-0.2, -0.15) is 0 Å². The lowest BCUT2D eigenvalue weighted by atomic mass is 10.1. The van der Waals surface area contributed by atoms with Crippen molar-refractivity contribution >= 4 is 5.91 Å². The molecule has 134 valence electrons. The topological polar surface area (TPSA) is 32.3 Å². The van der Waals surface area contributed by atoms with Crippen molar-refractivity contribution in [3.05, 3.63) is 35.1 Å². The van der Waals surface area contributed by atoms with Crippen LogP contribution in [0.1, 0.15) is 55.3 Å². The lowest BCUT2D eigenvalue weighted by Gasteiger charge is -2.19. The lowest BCUT2D eigenvalue weighted by molar-refractivity contribution is 0.0947. The number of halogens is 3. The maximum Gasteiger partial charge on any atom is 0.254 e. The molecule has 0 unspecified atom stereocenters. The number of unbranched alkanes of at least 4 members (excludes halogenated alkanes) is 2. The molecule has 0 spiro atoms. The molecule has 0 atom stereocenters. The zero-order valence-electron chi connectivity index (χ0n) is 13.9. The standard InChI is InChI=1S/C18H25F3N2O/c19-15-9-8-14(16(20)17(15)21)18(24)22-10-4-3-7-13-23-11-5-1-2-6-12-23/h8-9H,1-7,10-13H2,(H,22,24). The Labute approximate surface area is 141 Å². The van der Waals surface area contributed by atoms with Crippen LogP contribution in [-0.4, -0.2) is 37.0 Å². The summed E-state index contributed by atoms with van der Waals surface area (Å²) in [5.41, 5.74) is -0.460. The molecule has 6 heteroatoms. The molecule has 1 amide bonds. The summed E-state index contributed by atoms with van der Waals surface area (Å²) in [6, 6.07) is 1.72. The summed E-state index contributed by atoms with van der Waals surface area (Å²) in [6.45, 7) is 3.82. The van der Waals surface area contributed by atoms with Crippen LogP contribution < -0.4 is 5.32 Å². The Bertz CT molecular complexity index is 543. The molecule has 1 aliphatic rings. The highest BCUT2D eigenvalue weighted by Gasteiger charge is 2.18. The van der Waals surface area contributed by atoms with Gasteiger partial charge in [-0.1, -0.05) is 19.3 Å². The van der Waals surface area contributed by atoms with E-state index in [0.717, 1.165) is 37.9 Å². The van der Waals surface area contributed by atoms with Crippen LogP contribution in [0.25, 0.3) is 0 Å². The average molecular weight is 342 g/mol. The summed E-state index contributed by atoms with van der Waals surface area (Å²) < 4.78 is 39.5. The van der Waals surface area contributed by atoms with Crippen molar-refractivity contribution in [2.75, 3.05) is 26.2 Å². The Morgan fingerprint density at radius 2 is 1.67 bits per heavy atom. The molecule has 2 rings (SSSR count). The minimum atomic E-state index is -1.61. The minimum absolute atomic E-state index is 0.400. The Morgan fingerprint density at radius 1 is 0.958 bits per heavy atom. The zero-order chi connectivity index (χ0) is 17.4. The van der Waals surface area contributed by atoms with Gasteiger partial charge in [-0.05, 0) is 57.5 Å². The molecular formula is C18H25F3N2O. The SMILES string of the molecule is O=C(NCCCCCN1CCCCCC1)c1ccc(F)c(F)c1F. The first-order valence-corrected chi connectivity index (χ1v) is 8.73. The molecule has 3 nitrogen and oxygen atoms in total. The second-order valence-corrected chi connectivity index (χ2v) is 6.30. The fraction of sp³-hybridized carbons (Fsp3) is 0.611. The van der Waals surface area contributed by atoms with Crippen LogP contribution >= 0.6 is 0 Å². The second-order valence-electron chi connectivity index (χ2n) is 6.30. The van der Waals surface area contributed by atoms with Crippen LogP contribution in [0.4, 0.5) is 13.2 Å². The Hall–Kier alpha value is -1.56. The number of carbonyl (C=O) groups is 1. The lowest BCUT2D eigenvalue weighted by Crippen LogP contribution is -2.27. The van der Waals surface area contributed by atoms with Crippen molar-refractivity contribution in [1.82, 2.24) is 10.2 Å². The molecule has 1 saturated heterocycles. The van der Waals surface area contributed by atoms with Gasteiger partial charge < -0.3 is 10.2 Å². The Balaban J connectivity index is 1.63. The summed E-state index contributed by atoms with van der Waals surface area (Å²) >= 11 is 0. The van der Waals surface area contributed by atoms with Crippen LogP contribution in [-0.2, 0) is 0 Å². The molecule has 0 aliphatic carbocycles. The highest BCUT2D eigenvalue weighted by molar-refractivity contribution is 5.94. The van der Waals surface area contributed by atoms with Crippen molar-refractivity contribution in [3.8, 4) is 0 Å². The van der Waals surface area contributed by atoms with Crippen LogP contribution in [0.15, 0.2) is 12.1 Å². The number of amides is 1. The van der Waals surface area contributed by atoms with Crippen LogP contribution in [0, 0.1) is 17.5 Å². The molecule has 1 aliphatic heterocycles. The van der Waals surface area contributed by atoms with E-state index in [4.69, 9.17) is 0 Å². The number of nitrogens with zero attached hydrogens (tertiary/aromatic N) is 1. The monoisotopic (exact) mass is 342 g/mol. The summed E-state index contributed by atoms with van der Waals surface area (Å²) in [5.74, 6) is -5.05. The number of hydrogen-bond donors (Lipinski definition) is 1. The normalized spacial score (nSPS) is 16.0. The van der Waals surface area contributed by atoms with Crippen molar-refractivity contribution < 1.29 is 18.0 Å². The van der Waals surface area contributed by atoms with E-state index in [1.807, 2.05) is 0 Å². The van der Waals surface area contributed by atoms with E-state index >= 15 is 0 Å². The van der Waals surface area contributed by atoms with Gasteiger partial charge >= 0.3 is 0 Å². The molecular weight excluding hydrogens is 317 g/mol. The van der Waals surface area contributed by atoms with Crippen LogP contribution in [0.2, 0.25) is 0 Å². The zero-order valence-corrected chi connectivity index (χ0v) is 13.9. The molecule has 0 saturated carbocycles. The number of likely N-dealkylation sites (tertiary alicyclic amines) is 1. The summed E-state index contributed by atoms with van der Waals surface area (Å²) in [4.78, 5) is 14.3. The van der Waals surface area contributed by atoms with Crippen LogP contribution in [0.5, 0.6) is 0 Å². The maximum atomic E-state index is 13.5. The third-order valence-corrected chi connectivity index (χ3v) is 4.42. The molecule has 0 bridgehead atoms. The van der Waals surface area contributed by atoms with E-state index < -0.39 is 28.9 Å². The number of rotatable bonds is 7. The quantitative estimate of drug-likeness (QED) is 0.602. The number of carbonyl (C=O) groups excluding carboxylic acids is 1. The van der Waals surface area contributed by atoms with E-state index in [1.165, 1.54) is 38.8 Å². The minimum Gasteiger partial charge on any atom is -0.352 e. The first-order chi connectivity index (χ1) is 11.6. The first kappa shape index (κ1) is 18.8. The third-order valence-electron chi connectivity index (χ3n) is 4.42. The van der Waals surface area contributed by atoms with Gasteiger partial charge in [-0.25, -0.2) is 13.2 Å². The summed E-state index contributed by atoms with van der Waals surface area (Å²) in [6.07, 6.45) is 8.01. The summed E-state index contributed by atoms with van der Waals surface area (Å²) in [7, 11) is 0. The highest BCUT2D eigenvalue weighted by Crippen LogP contribution is 2.15. The van der Waals surface area contributed by atoms with E-state index in [0.29, 0.717) is 6.54 Å². The van der Waals surface area contributed by atoms with Gasteiger partial charge in [0.05, 0.1) is 5.56 Å². The van der Waals surface area contributed by atoms with Gasteiger partial charge in [0, 0.05) is 6.54 Å². The van der Waals surface area contributed by atoms with Gasteiger partial charge in [0.2, 0.25) is 0 Å². The van der Waals surface area contributed by atoms with Gasteiger partial charge in [0.15, 0.2) is 17.5 Å². The average Bonchev–Trinajstić information content (AvgIpc) is 2.84. The van der Waals surface area contributed by atoms with Gasteiger partial charge in [0.25, 0.3) is 5.91 Å². The van der Waals surface area contributed by atoms with E-state index in [2.05, 4.69) is 10.2 Å². The summed E-state index contributed by atoms with van der Waals surface area (Å²) in [5, 5.41) is 2.55. The Morgan fingerprint density at radius 3 is 2.38 bits per heavy atom.